The minimum atomic E-state index is -0.224. The fraction of sp³-hybridized carbons (Fsp3) is 0.185. The Labute approximate surface area is 201 Å². The predicted octanol–water partition coefficient (Wildman–Crippen LogP) is 4.73. The highest BCUT2D eigenvalue weighted by atomic mass is 32.2. The molecule has 2 heterocycles. The summed E-state index contributed by atoms with van der Waals surface area (Å²) in [6.07, 6.45) is 0.727. The van der Waals surface area contributed by atoms with E-state index in [0.29, 0.717) is 22.6 Å². The molecule has 1 aliphatic heterocycles. The number of fused-ring (bicyclic) bond motifs is 1. The Kier molecular flexibility index (Phi) is 6.27. The van der Waals surface area contributed by atoms with Crippen LogP contribution in [0.25, 0.3) is 10.9 Å². The monoisotopic (exact) mass is 468 g/mol. The number of thioether (sulfide) groups is 1. The normalized spacial score (nSPS) is 14.3. The average molecular weight is 469 g/mol. The summed E-state index contributed by atoms with van der Waals surface area (Å²) in [5.41, 5.74) is 3.48. The van der Waals surface area contributed by atoms with Crippen molar-refractivity contribution in [3.8, 4) is 0 Å². The third-order valence-electron chi connectivity index (χ3n) is 5.97. The first-order valence-corrected chi connectivity index (χ1v) is 12.2. The Hall–Kier alpha value is -3.71. The minimum absolute atomic E-state index is 0.0998. The summed E-state index contributed by atoms with van der Waals surface area (Å²) in [6.45, 7) is 2.54. The van der Waals surface area contributed by atoms with Gasteiger partial charge in [0.15, 0.2) is 5.16 Å². The molecule has 1 aliphatic rings. The van der Waals surface area contributed by atoms with Crippen LogP contribution in [-0.4, -0.2) is 38.5 Å². The molecular formula is C27H24N4O2S. The van der Waals surface area contributed by atoms with Crippen molar-refractivity contribution >= 4 is 34.3 Å². The quantitative estimate of drug-likeness (QED) is 0.303. The van der Waals surface area contributed by atoms with E-state index in [1.54, 1.807) is 10.6 Å². The summed E-state index contributed by atoms with van der Waals surface area (Å²) < 4.78 is 1.69. The molecule has 1 aromatic heterocycles. The van der Waals surface area contributed by atoms with Gasteiger partial charge in [-0.25, -0.2) is 9.99 Å². The Morgan fingerprint density at radius 3 is 2.41 bits per heavy atom. The maximum atomic E-state index is 13.5. The molecule has 0 bridgehead atoms. The number of rotatable bonds is 6. The summed E-state index contributed by atoms with van der Waals surface area (Å²) in [7, 11) is 0. The molecule has 7 heteroatoms. The van der Waals surface area contributed by atoms with Gasteiger partial charge in [0.05, 0.1) is 35.0 Å². The second kappa shape index (κ2) is 9.65. The van der Waals surface area contributed by atoms with Gasteiger partial charge < -0.3 is 0 Å². The Morgan fingerprint density at radius 1 is 0.971 bits per heavy atom. The van der Waals surface area contributed by atoms with Crippen LogP contribution in [0, 0.1) is 0 Å². The van der Waals surface area contributed by atoms with Crippen molar-refractivity contribution in [2.75, 3.05) is 12.3 Å². The first kappa shape index (κ1) is 22.1. The van der Waals surface area contributed by atoms with Crippen LogP contribution in [-0.2, 0) is 4.79 Å². The van der Waals surface area contributed by atoms with Crippen molar-refractivity contribution in [3.63, 3.8) is 0 Å². The lowest BCUT2D eigenvalue weighted by atomic mass is 10.1. The third-order valence-corrected chi connectivity index (χ3v) is 6.90. The standard InChI is InChI=1S/C27H24N4O2S/c1-19(20-10-4-2-5-11-20)31-26(33)22-14-8-9-15-24(22)28-27(31)34-18-25(32)30-17-16-23(29-30)21-12-6-3-7-13-21/h2-15,19H,16-18H2,1H3/t19-/m0/s1. The highest BCUT2D eigenvalue weighted by Crippen LogP contribution is 2.25. The van der Waals surface area contributed by atoms with E-state index in [0.717, 1.165) is 23.3 Å². The van der Waals surface area contributed by atoms with Crippen molar-refractivity contribution in [3.05, 3.63) is 106 Å². The molecule has 4 aromatic rings. The third kappa shape index (κ3) is 4.39. The van der Waals surface area contributed by atoms with Crippen LogP contribution >= 0.6 is 11.8 Å². The molecule has 0 unspecified atom stereocenters. The summed E-state index contributed by atoms with van der Waals surface area (Å²) in [5, 5.41) is 7.16. The molecule has 0 aliphatic carbocycles. The zero-order chi connectivity index (χ0) is 23.5. The maximum Gasteiger partial charge on any atom is 0.262 e. The summed E-state index contributed by atoms with van der Waals surface area (Å²) >= 11 is 1.28. The van der Waals surface area contributed by atoms with Crippen LogP contribution in [0.15, 0.2) is 100.0 Å². The minimum Gasteiger partial charge on any atom is -0.280 e. The van der Waals surface area contributed by atoms with E-state index in [4.69, 9.17) is 4.98 Å². The van der Waals surface area contributed by atoms with Gasteiger partial charge in [0.25, 0.3) is 11.5 Å². The van der Waals surface area contributed by atoms with Crippen molar-refractivity contribution in [1.29, 1.82) is 0 Å². The molecular weight excluding hydrogens is 444 g/mol. The molecule has 0 spiro atoms. The van der Waals surface area contributed by atoms with Crippen LogP contribution in [0.5, 0.6) is 0 Å². The summed E-state index contributed by atoms with van der Waals surface area (Å²) in [4.78, 5) is 31.2. The van der Waals surface area contributed by atoms with E-state index in [2.05, 4.69) is 5.10 Å². The van der Waals surface area contributed by atoms with Gasteiger partial charge in [-0.1, -0.05) is 84.6 Å². The molecule has 6 nitrogen and oxygen atoms in total. The number of hydrogen-bond acceptors (Lipinski definition) is 5. The Morgan fingerprint density at radius 2 is 1.65 bits per heavy atom. The number of para-hydroxylation sites is 1. The maximum absolute atomic E-state index is 13.5. The van der Waals surface area contributed by atoms with Gasteiger partial charge in [-0.3, -0.25) is 14.2 Å². The molecule has 0 N–H and O–H groups in total. The average Bonchev–Trinajstić information content (AvgIpc) is 3.39. The smallest absolute Gasteiger partial charge is 0.262 e. The van der Waals surface area contributed by atoms with E-state index < -0.39 is 0 Å². The van der Waals surface area contributed by atoms with Gasteiger partial charge >= 0.3 is 0 Å². The van der Waals surface area contributed by atoms with E-state index in [1.807, 2.05) is 85.8 Å². The van der Waals surface area contributed by atoms with Crippen LogP contribution in [0.3, 0.4) is 0 Å². The van der Waals surface area contributed by atoms with Gasteiger partial charge in [0, 0.05) is 6.42 Å². The van der Waals surface area contributed by atoms with Crippen LogP contribution in [0.4, 0.5) is 0 Å². The van der Waals surface area contributed by atoms with Gasteiger partial charge in [-0.05, 0) is 30.2 Å². The number of amides is 1. The molecule has 170 valence electrons. The van der Waals surface area contributed by atoms with Crippen LogP contribution < -0.4 is 5.56 Å². The Balaban J connectivity index is 1.43. The van der Waals surface area contributed by atoms with Crippen molar-refractivity contribution in [2.24, 2.45) is 5.10 Å². The number of carbonyl (C=O) groups is 1. The van der Waals surface area contributed by atoms with Gasteiger partial charge in [-0.15, -0.1) is 0 Å². The van der Waals surface area contributed by atoms with Crippen LogP contribution in [0.2, 0.25) is 0 Å². The second-order valence-corrected chi connectivity index (χ2v) is 9.08. The first-order chi connectivity index (χ1) is 16.6. The molecule has 0 saturated carbocycles. The summed E-state index contributed by atoms with van der Waals surface area (Å²) in [6, 6.07) is 26.9. The highest BCUT2D eigenvalue weighted by molar-refractivity contribution is 7.99. The number of benzene rings is 3. The molecule has 0 fully saturated rings. The molecule has 0 saturated heterocycles. The highest BCUT2D eigenvalue weighted by Gasteiger charge is 2.23. The zero-order valence-electron chi connectivity index (χ0n) is 18.8. The Bertz CT molecular complexity index is 1420. The molecule has 3 aromatic carbocycles. The van der Waals surface area contributed by atoms with Gasteiger partial charge in [0.2, 0.25) is 0 Å². The number of aromatic nitrogens is 2. The predicted molar refractivity (Wildman–Crippen MR) is 136 cm³/mol. The number of nitrogens with zero attached hydrogens (tertiary/aromatic N) is 4. The number of hydrazone groups is 1. The fourth-order valence-corrected chi connectivity index (χ4v) is 5.07. The van der Waals surface area contributed by atoms with Crippen molar-refractivity contribution < 1.29 is 4.79 Å². The molecule has 1 atom stereocenters. The number of carbonyl (C=O) groups excluding carboxylic acids is 1. The van der Waals surface area contributed by atoms with E-state index in [-0.39, 0.29) is 23.3 Å². The topological polar surface area (TPSA) is 67.6 Å². The largest absolute Gasteiger partial charge is 0.280 e. The lowest BCUT2D eigenvalue weighted by Gasteiger charge is -2.20. The van der Waals surface area contributed by atoms with Gasteiger partial charge in [0.1, 0.15) is 0 Å². The van der Waals surface area contributed by atoms with Crippen LogP contribution in [0.1, 0.15) is 30.5 Å². The SMILES string of the molecule is C[C@@H](c1ccccc1)n1c(SCC(=O)N2CCC(c3ccccc3)=N2)nc2ccccc2c1=O. The van der Waals surface area contributed by atoms with Crippen molar-refractivity contribution in [2.45, 2.75) is 24.5 Å². The molecule has 5 rings (SSSR count). The lowest BCUT2D eigenvalue weighted by Crippen LogP contribution is -2.29. The second-order valence-electron chi connectivity index (χ2n) is 8.14. The number of hydrogen-bond donors (Lipinski definition) is 0. The first-order valence-electron chi connectivity index (χ1n) is 11.2. The molecule has 34 heavy (non-hydrogen) atoms. The van der Waals surface area contributed by atoms with Gasteiger partial charge in [-0.2, -0.15) is 5.10 Å². The van der Waals surface area contributed by atoms with E-state index >= 15 is 0 Å². The van der Waals surface area contributed by atoms with E-state index in [1.165, 1.54) is 16.8 Å². The summed E-state index contributed by atoms with van der Waals surface area (Å²) in [5.74, 6) is 0.0509. The lowest BCUT2D eigenvalue weighted by molar-refractivity contribution is -0.127. The zero-order valence-corrected chi connectivity index (χ0v) is 19.6. The van der Waals surface area contributed by atoms with Crippen molar-refractivity contribution in [1.82, 2.24) is 14.6 Å². The molecule has 1 amide bonds. The fourth-order valence-electron chi connectivity index (χ4n) is 4.12. The molecule has 0 radical (unpaired) electrons. The van der Waals surface area contributed by atoms with E-state index in [9.17, 15) is 9.59 Å².